The van der Waals surface area contributed by atoms with E-state index in [1.165, 1.54) is 0 Å². The summed E-state index contributed by atoms with van der Waals surface area (Å²) in [6.07, 6.45) is 2.02. The summed E-state index contributed by atoms with van der Waals surface area (Å²) >= 11 is 0. The van der Waals surface area contributed by atoms with Crippen molar-refractivity contribution in [1.29, 1.82) is 0 Å². The highest BCUT2D eigenvalue weighted by Crippen LogP contribution is 2.30. The van der Waals surface area contributed by atoms with Crippen LogP contribution in [0.3, 0.4) is 0 Å². The van der Waals surface area contributed by atoms with Crippen molar-refractivity contribution < 1.29 is 9.47 Å². The molecule has 37 heavy (non-hydrogen) atoms. The lowest BCUT2D eigenvalue weighted by Gasteiger charge is -2.41. The second kappa shape index (κ2) is 9.66. The topological polar surface area (TPSA) is 86.4 Å². The monoisotopic (exact) mass is 504 g/mol. The minimum Gasteiger partial charge on any atom is -0.378 e. The Kier molecular flexibility index (Phi) is 6.34. The lowest BCUT2D eigenvalue weighted by molar-refractivity contribution is -0.115. The average molecular weight is 505 g/mol. The summed E-state index contributed by atoms with van der Waals surface area (Å²) in [5.74, 6) is 3.34. The largest absolute Gasteiger partial charge is 0.378 e. The van der Waals surface area contributed by atoms with Crippen molar-refractivity contribution in [3.05, 3.63) is 35.9 Å². The molecule has 0 saturated carbocycles. The Labute approximate surface area is 217 Å². The third kappa shape index (κ3) is 4.26. The maximum atomic E-state index is 6.20. The number of anilines is 1. The number of aromatic nitrogens is 6. The van der Waals surface area contributed by atoms with E-state index in [1.54, 1.807) is 0 Å². The van der Waals surface area contributed by atoms with Crippen molar-refractivity contribution in [3.8, 4) is 5.95 Å². The Hall–Kier alpha value is -3.08. The zero-order valence-electron chi connectivity index (χ0n) is 22.3. The summed E-state index contributed by atoms with van der Waals surface area (Å²) in [6.45, 7) is 12.7. The predicted octanol–water partition coefficient (Wildman–Crippen LogP) is 3.24. The first-order valence-corrected chi connectivity index (χ1v) is 13.4. The summed E-state index contributed by atoms with van der Waals surface area (Å²) in [5, 5.41) is 0. The van der Waals surface area contributed by atoms with Crippen molar-refractivity contribution in [3.63, 3.8) is 0 Å². The van der Waals surface area contributed by atoms with E-state index in [0.29, 0.717) is 19.2 Å². The average Bonchev–Trinajstić information content (AvgIpc) is 3.44. The number of fused-ring (bicyclic) bond motifs is 2. The molecule has 2 aliphatic heterocycles. The molecule has 2 aliphatic rings. The van der Waals surface area contributed by atoms with Gasteiger partial charge in [-0.05, 0) is 31.9 Å². The van der Waals surface area contributed by atoms with Crippen molar-refractivity contribution in [2.75, 3.05) is 50.9 Å². The van der Waals surface area contributed by atoms with Gasteiger partial charge in [-0.15, -0.1) is 0 Å². The summed E-state index contributed by atoms with van der Waals surface area (Å²) < 4.78 is 16.0. The number of para-hydroxylation sites is 2. The number of benzene rings is 1. The van der Waals surface area contributed by atoms with Crippen LogP contribution < -0.4 is 4.90 Å². The second-order valence-corrected chi connectivity index (χ2v) is 10.1. The second-order valence-electron chi connectivity index (χ2n) is 10.1. The molecule has 196 valence electrons. The highest BCUT2D eigenvalue weighted by Gasteiger charge is 2.34. The van der Waals surface area contributed by atoms with Gasteiger partial charge in [-0.2, -0.15) is 9.97 Å². The van der Waals surface area contributed by atoms with E-state index in [2.05, 4.69) is 41.3 Å². The quantitative estimate of drug-likeness (QED) is 0.396. The van der Waals surface area contributed by atoms with Crippen LogP contribution in [0.15, 0.2) is 24.3 Å². The molecule has 6 rings (SSSR count). The zero-order chi connectivity index (χ0) is 25.6. The van der Waals surface area contributed by atoms with Crippen LogP contribution >= 0.6 is 0 Å². The molecule has 3 aromatic heterocycles. The summed E-state index contributed by atoms with van der Waals surface area (Å²) in [7, 11) is 2.07. The molecule has 4 aromatic rings. The molecule has 0 N–H and O–H groups in total. The maximum absolute atomic E-state index is 6.20. The minimum atomic E-state index is -0.0746. The lowest BCUT2D eigenvalue weighted by atomic mass is 9.95. The van der Waals surface area contributed by atoms with Gasteiger partial charge in [0.25, 0.3) is 0 Å². The Balaban J connectivity index is 1.45. The highest BCUT2D eigenvalue weighted by atomic mass is 16.5. The number of rotatable bonds is 6. The highest BCUT2D eigenvalue weighted by molar-refractivity contribution is 5.86. The fraction of sp³-hybridized carbons (Fsp3) is 0.556. The smallest absolute Gasteiger partial charge is 0.239 e. The van der Waals surface area contributed by atoms with Gasteiger partial charge in [0, 0.05) is 33.2 Å². The van der Waals surface area contributed by atoms with E-state index in [9.17, 15) is 0 Å². The van der Waals surface area contributed by atoms with Crippen molar-refractivity contribution in [2.24, 2.45) is 7.05 Å². The molecule has 0 unspecified atom stereocenters. The molecule has 0 amide bonds. The van der Waals surface area contributed by atoms with Crippen LogP contribution in [0.1, 0.15) is 38.3 Å². The first kappa shape index (κ1) is 24.3. The van der Waals surface area contributed by atoms with Crippen LogP contribution in [0.4, 0.5) is 5.82 Å². The van der Waals surface area contributed by atoms with Gasteiger partial charge in [0.05, 0.1) is 43.0 Å². The van der Waals surface area contributed by atoms with Crippen molar-refractivity contribution in [1.82, 2.24) is 34.0 Å². The summed E-state index contributed by atoms with van der Waals surface area (Å²) in [5.41, 5.74) is 3.54. The molecule has 1 aromatic carbocycles. The van der Waals surface area contributed by atoms with E-state index < -0.39 is 0 Å². The van der Waals surface area contributed by atoms with Gasteiger partial charge in [-0.3, -0.25) is 9.47 Å². The fourth-order valence-electron chi connectivity index (χ4n) is 5.65. The molecule has 0 spiro atoms. The minimum absolute atomic E-state index is 0.0746. The van der Waals surface area contributed by atoms with Crippen LogP contribution in [0.2, 0.25) is 0 Å². The van der Waals surface area contributed by atoms with Gasteiger partial charge in [0.1, 0.15) is 11.6 Å². The fourth-order valence-corrected chi connectivity index (χ4v) is 5.65. The van der Waals surface area contributed by atoms with Crippen LogP contribution in [-0.4, -0.2) is 85.6 Å². The number of nitrogens with zero attached hydrogens (tertiary/aromatic N) is 8. The Bertz CT molecular complexity index is 1420. The zero-order valence-corrected chi connectivity index (χ0v) is 22.3. The molecule has 5 heterocycles. The Morgan fingerprint density at radius 1 is 0.946 bits per heavy atom. The van der Waals surface area contributed by atoms with E-state index in [4.69, 9.17) is 29.4 Å². The van der Waals surface area contributed by atoms with Gasteiger partial charge in [-0.25, -0.2) is 9.97 Å². The molecular weight excluding hydrogens is 468 g/mol. The SMILES string of the molecule is CCC1(CC)CN(Cc2nc3c(N4CCOCC4)nc(-n4c(C)nc5ccccc54)nc3n2C)CCO1. The van der Waals surface area contributed by atoms with Crippen molar-refractivity contribution >= 4 is 28.0 Å². The number of ether oxygens (including phenoxy) is 2. The van der Waals surface area contributed by atoms with Gasteiger partial charge < -0.3 is 18.9 Å². The van der Waals surface area contributed by atoms with Crippen LogP contribution in [0.5, 0.6) is 0 Å². The number of hydrogen-bond acceptors (Lipinski definition) is 8. The first-order chi connectivity index (χ1) is 18.0. The van der Waals surface area contributed by atoms with Gasteiger partial charge in [-0.1, -0.05) is 26.0 Å². The third-order valence-corrected chi connectivity index (χ3v) is 8.00. The standard InChI is InChI=1S/C27H36N8O2/c1-5-27(6-2)18-33(11-16-37-27)17-22-29-23-24(32(22)4)30-26(31-25(23)34-12-14-36-15-13-34)35-19(3)28-20-9-7-8-10-21(20)35/h7-10H,5-6,11-18H2,1-4H3. The Morgan fingerprint density at radius 2 is 1.73 bits per heavy atom. The van der Waals surface area contributed by atoms with Crippen molar-refractivity contribution in [2.45, 2.75) is 45.8 Å². The molecule has 0 atom stereocenters. The number of hydrogen-bond donors (Lipinski definition) is 0. The predicted molar refractivity (Wildman–Crippen MR) is 143 cm³/mol. The van der Waals surface area contributed by atoms with Crippen LogP contribution in [0, 0.1) is 6.92 Å². The van der Waals surface area contributed by atoms with Crippen LogP contribution in [-0.2, 0) is 23.1 Å². The third-order valence-electron chi connectivity index (χ3n) is 8.00. The van der Waals surface area contributed by atoms with E-state index in [0.717, 1.165) is 91.8 Å². The van der Waals surface area contributed by atoms with Crippen LogP contribution in [0.25, 0.3) is 28.1 Å². The molecule has 0 bridgehead atoms. The Morgan fingerprint density at radius 3 is 2.51 bits per heavy atom. The molecular formula is C27H36N8O2. The number of imidazole rings is 2. The molecule has 0 aliphatic carbocycles. The van der Waals surface area contributed by atoms with Gasteiger partial charge in [0.2, 0.25) is 5.95 Å². The molecule has 10 heteroatoms. The molecule has 2 fully saturated rings. The molecule has 2 saturated heterocycles. The maximum Gasteiger partial charge on any atom is 0.239 e. The molecule has 10 nitrogen and oxygen atoms in total. The van der Waals surface area contributed by atoms with Gasteiger partial charge >= 0.3 is 0 Å². The van der Waals surface area contributed by atoms with E-state index >= 15 is 0 Å². The summed E-state index contributed by atoms with van der Waals surface area (Å²) in [4.78, 5) is 24.8. The summed E-state index contributed by atoms with van der Waals surface area (Å²) in [6, 6.07) is 8.13. The van der Waals surface area contributed by atoms with E-state index in [1.807, 2.05) is 29.7 Å². The number of morpholine rings is 2. The lowest BCUT2D eigenvalue weighted by Crippen LogP contribution is -2.51. The molecule has 0 radical (unpaired) electrons. The van der Waals surface area contributed by atoms with Gasteiger partial charge in [0.15, 0.2) is 17.0 Å². The first-order valence-electron chi connectivity index (χ1n) is 13.4. The normalized spacial score (nSPS) is 18.8. The van der Waals surface area contributed by atoms with E-state index in [-0.39, 0.29) is 5.60 Å². The number of aryl methyl sites for hydroxylation is 2.